The average molecular weight is 364 g/mol. The zero-order valence-corrected chi connectivity index (χ0v) is 15.8. The van der Waals surface area contributed by atoms with Crippen LogP contribution in [0.4, 0.5) is 0 Å². The number of aryl methyl sites for hydroxylation is 2. The molecular weight excluding hydrogens is 340 g/mol. The van der Waals surface area contributed by atoms with E-state index in [0.717, 1.165) is 5.56 Å². The van der Waals surface area contributed by atoms with E-state index in [1.807, 2.05) is 19.9 Å². The summed E-state index contributed by atoms with van der Waals surface area (Å²) in [4.78, 5) is 14.1. The van der Waals surface area contributed by atoms with Crippen LogP contribution in [-0.2, 0) is 14.8 Å². The van der Waals surface area contributed by atoms with Gasteiger partial charge in [-0.1, -0.05) is 12.1 Å². The molecule has 1 heterocycles. The Morgan fingerprint density at radius 2 is 2.00 bits per heavy atom. The molecule has 0 saturated carbocycles. The van der Waals surface area contributed by atoms with E-state index in [0.29, 0.717) is 11.3 Å². The molecule has 0 fully saturated rings. The Bertz CT molecular complexity index is 829. The molecule has 7 heteroatoms. The fourth-order valence-corrected chi connectivity index (χ4v) is 3.84. The second-order valence-corrected chi connectivity index (χ2v) is 7.85. The van der Waals surface area contributed by atoms with E-state index in [2.05, 4.69) is 4.72 Å². The SMILES string of the molecule is Cc1ccc(C)c(S(=O)(=O)NCCC(=O)N(C)C(C)c2ccco2)c1. The summed E-state index contributed by atoms with van der Waals surface area (Å²) in [6, 6.07) is 8.62. The summed E-state index contributed by atoms with van der Waals surface area (Å²) in [5.74, 6) is 0.527. The molecule has 1 amide bonds. The number of benzene rings is 1. The van der Waals surface area contributed by atoms with E-state index >= 15 is 0 Å². The zero-order chi connectivity index (χ0) is 18.6. The largest absolute Gasteiger partial charge is 0.467 e. The van der Waals surface area contributed by atoms with Crippen molar-refractivity contribution in [3.8, 4) is 0 Å². The molecule has 1 N–H and O–H groups in total. The van der Waals surface area contributed by atoms with Crippen LogP contribution in [0.1, 0.15) is 36.3 Å². The number of furan rings is 1. The molecule has 1 aromatic carbocycles. The Hall–Kier alpha value is -2.12. The lowest BCUT2D eigenvalue weighted by Crippen LogP contribution is -2.33. The summed E-state index contributed by atoms with van der Waals surface area (Å²) < 4.78 is 32.7. The fourth-order valence-electron chi connectivity index (χ4n) is 2.48. The Kier molecular flexibility index (Phi) is 6.02. The molecular formula is C18H24N2O4S. The van der Waals surface area contributed by atoms with Crippen molar-refractivity contribution in [3.63, 3.8) is 0 Å². The van der Waals surface area contributed by atoms with Gasteiger partial charge in [-0.15, -0.1) is 0 Å². The molecule has 2 aromatic rings. The third-order valence-corrected chi connectivity index (χ3v) is 5.80. The molecule has 0 aliphatic rings. The second-order valence-electron chi connectivity index (χ2n) is 6.11. The molecule has 0 radical (unpaired) electrons. The molecule has 136 valence electrons. The highest BCUT2D eigenvalue weighted by Crippen LogP contribution is 2.20. The lowest BCUT2D eigenvalue weighted by atomic mass is 10.2. The molecule has 1 atom stereocenters. The third-order valence-electron chi connectivity index (χ3n) is 4.19. The van der Waals surface area contributed by atoms with Gasteiger partial charge < -0.3 is 9.32 Å². The van der Waals surface area contributed by atoms with Crippen molar-refractivity contribution in [2.24, 2.45) is 0 Å². The van der Waals surface area contributed by atoms with E-state index < -0.39 is 10.0 Å². The van der Waals surface area contributed by atoms with Gasteiger partial charge in [0.1, 0.15) is 5.76 Å². The first-order valence-electron chi connectivity index (χ1n) is 8.08. The van der Waals surface area contributed by atoms with Crippen molar-refractivity contribution in [2.45, 2.75) is 38.1 Å². The van der Waals surface area contributed by atoms with Crippen LogP contribution in [0.15, 0.2) is 45.9 Å². The molecule has 2 rings (SSSR count). The van der Waals surface area contributed by atoms with Crippen molar-refractivity contribution in [1.29, 1.82) is 0 Å². The maximum absolute atomic E-state index is 12.4. The highest BCUT2D eigenvalue weighted by Gasteiger charge is 2.21. The van der Waals surface area contributed by atoms with Gasteiger partial charge in [0.05, 0.1) is 17.2 Å². The number of carbonyl (C=O) groups is 1. The van der Waals surface area contributed by atoms with Crippen LogP contribution in [0.25, 0.3) is 0 Å². The first-order valence-corrected chi connectivity index (χ1v) is 9.56. The van der Waals surface area contributed by atoms with Gasteiger partial charge in [-0.25, -0.2) is 13.1 Å². The van der Waals surface area contributed by atoms with Crippen LogP contribution in [0, 0.1) is 13.8 Å². The van der Waals surface area contributed by atoms with Gasteiger partial charge in [-0.3, -0.25) is 4.79 Å². The molecule has 0 aliphatic carbocycles. The standard InChI is InChI=1S/C18H24N2O4S/c1-13-7-8-14(2)17(12-13)25(22,23)19-10-9-18(21)20(4)15(3)16-6-5-11-24-16/h5-8,11-12,15,19H,9-10H2,1-4H3. The minimum absolute atomic E-state index is 0.0454. The lowest BCUT2D eigenvalue weighted by Gasteiger charge is -2.23. The Morgan fingerprint density at radius 3 is 2.64 bits per heavy atom. The maximum atomic E-state index is 12.4. The Balaban J connectivity index is 1.95. The van der Waals surface area contributed by atoms with Gasteiger partial charge in [-0.05, 0) is 50.1 Å². The van der Waals surface area contributed by atoms with Gasteiger partial charge in [0.25, 0.3) is 0 Å². The third kappa shape index (κ3) is 4.70. The van der Waals surface area contributed by atoms with Crippen molar-refractivity contribution in [1.82, 2.24) is 9.62 Å². The number of hydrogen-bond donors (Lipinski definition) is 1. The van der Waals surface area contributed by atoms with E-state index in [4.69, 9.17) is 4.42 Å². The van der Waals surface area contributed by atoms with Crippen molar-refractivity contribution < 1.29 is 17.6 Å². The highest BCUT2D eigenvalue weighted by atomic mass is 32.2. The van der Waals surface area contributed by atoms with E-state index in [-0.39, 0.29) is 29.8 Å². The molecule has 0 bridgehead atoms. The number of nitrogens with zero attached hydrogens (tertiary/aromatic N) is 1. The number of rotatable bonds is 7. The van der Waals surface area contributed by atoms with Gasteiger partial charge in [0.2, 0.25) is 15.9 Å². The summed E-state index contributed by atoms with van der Waals surface area (Å²) in [7, 11) is -1.96. The molecule has 0 spiro atoms. The van der Waals surface area contributed by atoms with Crippen LogP contribution in [0.3, 0.4) is 0 Å². The summed E-state index contributed by atoms with van der Waals surface area (Å²) in [5, 5.41) is 0. The summed E-state index contributed by atoms with van der Waals surface area (Å²) in [5.41, 5.74) is 1.54. The van der Waals surface area contributed by atoms with Gasteiger partial charge >= 0.3 is 0 Å². The topological polar surface area (TPSA) is 79.6 Å². The second kappa shape index (κ2) is 7.84. The van der Waals surface area contributed by atoms with Crippen LogP contribution in [0.2, 0.25) is 0 Å². The first kappa shape index (κ1) is 19.2. The predicted octanol–water partition coefficient (Wildman–Crippen LogP) is 2.78. The smallest absolute Gasteiger partial charge is 0.240 e. The first-order chi connectivity index (χ1) is 11.7. The quantitative estimate of drug-likeness (QED) is 0.819. The van der Waals surface area contributed by atoms with Crippen LogP contribution >= 0.6 is 0 Å². The predicted molar refractivity (Wildman–Crippen MR) is 95.6 cm³/mol. The summed E-state index contributed by atoms with van der Waals surface area (Å²) in [6.45, 7) is 5.49. The lowest BCUT2D eigenvalue weighted by molar-refractivity contribution is -0.131. The highest BCUT2D eigenvalue weighted by molar-refractivity contribution is 7.89. The zero-order valence-electron chi connectivity index (χ0n) is 14.9. The Labute approximate surface area is 148 Å². The normalized spacial score (nSPS) is 12.8. The molecule has 6 nitrogen and oxygen atoms in total. The van der Waals surface area contributed by atoms with Gasteiger partial charge in [-0.2, -0.15) is 0 Å². The monoisotopic (exact) mass is 364 g/mol. The van der Waals surface area contributed by atoms with E-state index in [1.54, 1.807) is 49.4 Å². The Morgan fingerprint density at radius 1 is 1.28 bits per heavy atom. The number of hydrogen-bond acceptors (Lipinski definition) is 4. The molecule has 25 heavy (non-hydrogen) atoms. The molecule has 0 aliphatic heterocycles. The van der Waals surface area contributed by atoms with Crippen molar-refractivity contribution in [2.75, 3.05) is 13.6 Å². The molecule has 0 saturated heterocycles. The van der Waals surface area contributed by atoms with Gasteiger partial charge in [0, 0.05) is 20.0 Å². The number of carbonyl (C=O) groups excluding carboxylic acids is 1. The number of sulfonamides is 1. The average Bonchev–Trinajstić information content (AvgIpc) is 3.09. The van der Waals surface area contributed by atoms with Crippen molar-refractivity contribution in [3.05, 3.63) is 53.5 Å². The number of nitrogens with one attached hydrogen (secondary N) is 1. The van der Waals surface area contributed by atoms with Crippen molar-refractivity contribution >= 4 is 15.9 Å². The minimum atomic E-state index is -3.64. The van der Waals surface area contributed by atoms with Gasteiger partial charge in [0.15, 0.2) is 0 Å². The maximum Gasteiger partial charge on any atom is 0.240 e. The fraction of sp³-hybridized carbons (Fsp3) is 0.389. The van der Waals surface area contributed by atoms with Crippen LogP contribution in [-0.4, -0.2) is 32.8 Å². The van der Waals surface area contributed by atoms with Crippen LogP contribution in [0.5, 0.6) is 0 Å². The summed E-state index contributed by atoms with van der Waals surface area (Å²) in [6.07, 6.45) is 1.63. The van der Waals surface area contributed by atoms with E-state index in [9.17, 15) is 13.2 Å². The number of amides is 1. The van der Waals surface area contributed by atoms with E-state index in [1.165, 1.54) is 0 Å². The molecule has 1 unspecified atom stereocenters. The summed E-state index contributed by atoms with van der Waals surface area (Å²) >= 11 is 0. The minimum Gasteiger partial charge on any atom is -0.467 e. The molecule has 1 aromatic heterocycles. The van der Waals surface area contributed by atoms with Crippen LogP contribution < -0.4 is 4.72 Å².